The van der Waals surface area contributed by atoms with E-state index >= 15 is 0 Å². The number of pyridine rings is 1. The van der Waals surface area contributed by atoms with Crippen LogP contribution in [-0.4, -0.2) is 13.4 Å². The molecular weight excluding hydrogens is 240 g/mol. The molecule has 0 atom stereocenters. The van der Waals surface area contributed by atoms with Crippen molar-refractivity contribution in [1.29, 1.82) is 0 Å². The lowest BCUT2D eigenvalue weighted by Gasteiger charge is -2.00. The van der Waals surface area contributed by atoms with Crippen LogP contribution in [0.15, 0.2) is 12.3 Å². The van der Waals surface area contributed by atoms with Gasteiger partial charge in [-0.3, -0.25) is 0 Å². The maximum atomic E-state index is 12.2. The summed E-state index contributed by atoms with van der Waals surface area (Å²) < 4.78 is 32.8. The molecule has 0 saturated carbocycles. The van der Waals surface area contributed by atoms with Crippen LogP contribution < -0.4 is 0 Å². The van der Waals surface area contributed by atoms with Gasteiger partial charge in [0.15, 0.2) is 0 Å². The van der Waals surface area contributed by atoms with E-state index in [9.17, 15) is 12.3 Å². The van der Waals surface area contributed by atoms with Crippen molar-refractivity contribution in [2.24, 2.45) is 0 Å². The molecule has 13 heavy (non-hydrogen) atoms. The van der Waals surface area contributed by atoms with E-state index in [1.54, 1.807) is 0 Å². The molecule has 72 valence electrons. The summed E-state index contributed by atoms with van der Waals surface area (Å²) in [6.45, 7) is 0. The van der Waals surface area contributed by atoms with Crippen molar-refractivity contribution in [2.75, 3.05) is 0 Å². The summed E-state index contributed by atoms with van der Waals surface area (Å²) >= 11 is 11.0. The first-order valence-electron chi connectivity index (χ1n) is 3.11. The average Bonchev–Trinajstić information content (AvgIpc) is 1.94. The Bertz CT molecular complexity index is 421. The molecule has 1 aromatic heterocycles. The molecule has 0 aromatic carbocycles. The van der Waals surface area contributed by atoms with Gasteiger partial charge in [0.1, 0.15) is 10.9 Å². The lowest BCUT2D eigenvalue weighted by molar-refractivity contribution is 0.551. The fourth-order valence-electron chi connectivity index (χ4n) is 0.748. The van der Waals surface area contributed by atoms with Crippen molar-refractivity contribution in [3.05, 3.63) is 28.0 Å². The van der Waals surface area contributed by atoms with Crippen LogP contribution in [0.3, 0.4) is 0 Å². The standard InChI is InChI=1S/C6H4Cl2FNO2S/c7-5-2-10-6(8)1-4(5)3-13(9,11)12/h1-2H,3H2. The van der Waals surface area contributed by atoms with Crippen molar-refractivity contribution in [2.45, 2.75) is 5.75 Å². The van der Waals surface area contributed by atoms with Crippen molar-refractivity contribution < 1.29 is 12.3 Å². The number of aromatic nitrogens is 1. The lowest BCUT2D eigenvalue weighted by atomic mass is 10.3. The van der Waals surface area contributed by atoms with Gasteiger partial charge in [-0.25, -0.2) is 4.98 Å². The molecule has 3 nitrogen and oxygen atoms in total. The number of hydrogen-bond acceptors (Lipinski definition) is 3. The van der Waals surface area contributed by atoms with Crippen LogP contribution in [0.25, 0.3) is 0 Å². The summed E-state index contributed by atoms with van der Waals surface area (Å²) in [5.41, 5.74) is 0.101. The Morgan fingerprint density at radius 1 is 1.46 bits per heavy atom. The Morgan fingerprint density at radius 2 is 2.08 bits per heavy atom. The third kappa shape index (κ3) is 3.46. The molecule has 0 fully saturated rings. The van der Waals surface area contributed by atoms with Gasteiger partial charge in [0.25, 0.3) is 0 Å². The number of nitrogens with zero attached hydrogens (tertiary/aromatic N) is 1. The van der Waals surface area contributed by atoms with Gasteiger partial charge in [0.2, 0.25) is 0 Å². The maximum absolute atomic E-state index is 12.2. The van der Waals surface area contributed by atoms with E-state index in [1.165, 1.54) is 12.3 Å². The molecule has 0 bridgehead atoms. The minimum absolute atomic E-state index is 0.0723. The topological polar surface area (TPSA) is 47.0 Å². The zero-order valence-electron chi connectivity index (χ0n) is 6.17. The number of hydrogen-bond donors (Lipinski definition) is 0. The molecule has 0 radical (unpaired) electrons. The van der Waals surface area contributed by atoms with E-state index < -0.39 is 16.0 Å². The molecule has 1 aromatic rings. The van der Waals surface area contributed by atoms with E-state index in [4.69, 9.17) is 23.2 Å². The van der Waals surface area contributed by atoms with E-state index in [0.717, 1.165) is 0 Å². The van der Waals surface area contributed by atoms with Crippen LogP contribution in [0.4, 0.5) is 3.89 Å². The van der Waals surface area contributed by atoms with E-state index in [2.05, 4.69) is 4.98 Å². The van der Waals surface area contributed by atoms with Crippen LogP contribution in [-0.2, 0) is 16.0 Å². The average molecular weight is 244 g/mol. The van der Waals surface area contributed by atoms with Gasteiger partial charge >= 0.3 is 10.2 Å². The highest BCUT2D eigenvalue weighted by molar-refractivity contribution is 7.85. The van der Waals surface area contributed by atoms with Crippen LogP contribution >= 0.6 is 23.2 Å². The van der Waals surface area contributed by atoms with Crippen molar-refractivity contribution in [3.63, 3.8) is 0 Å². The van der Waals surface area contributed by atoms with Crippen molar-refractivity contribution >= 4 is 33.4 Å². The zero-order valence-corrected chi connectivity index (χ0v) is 8.50. The van der Waals surface area contributed by atoms with Crippen LogP contribution in [0.5, 0.6) is 0 Å². The van der Waals surface area contributed by atoms with Gasteiger partial charge in [-0.1, -0.05) is 23.2 Å². The maximum Gasteiger partial charge on any atom is 0.306 e. The summed E-state index contributed by atoms with van der Waals surface area (Å²) in [6, 6.07) is 1.21. The highest BCUT2D eigenvalue weighted by atomic mass is 35.5. The molecule has 0 aliphatic heterocycles. The van der Waals surface area contributed by atoms with E-state index in [1.807, 2.05) is 0 Å². The van der Waals surface area contributed by atoms with Gasteiger partial charge in [0.05, 0.1) is 5.02 Å². The molecule has 1 rings (SSSR count). The Hall–Kier alpha value is -0.390. The fraction of sp³-hybridized carbons (Fsp3) is 0.167. The first-order chi connectivity index (χ1) is 5.88. The van der Waals surface area contributed by atoms with E-state index in [-0.39, 0.29) is 15.7 Å². The molecule has 7 heteroatoms. The normalized spacial score (nSPS) is 11.6. The summed E-state index contributed by atoms with van der Waals surface area (Å²) in [5, 5.41) is 0.147. The fourth-order valence-corrected chi connectivity index (χ4v) is 1.79. The summed E-state index contributed by atoms with van der Waals surface area (Å²) in [6.07, 6.45) is 1.17. The third-order valence-electron chi connectivity index (χ3n) is 1.23. The Kier molecular flexibility index (Phi) is 3.10. The largest absolute Gasteiger partial charge is 0.306 e. The smallest absolute Gasteiger partial charge is 0.243 e. The SMILES string of the molecule is O=S(=O)(F)Cc1cc(Cl)ncc1Cl. The first kappa shape index (κ1) is 10.7. The second-order valence-electron chi connectivity index (χ2n) is 2.28. The Balaban J connectivity index is 3.08. The predicted molar refractivity (Wildman–Crippen MR) is 48.0 cm³/mol. The molecule has 0 N–H and O–H groups in total. The second kappa shape index (κ2) is 3.77. The summed E-state index contributed by atoms with van der Waals surface area (Å²) in [7, 11) is -4.59. The molecule has 0 saturated heterocycles. The van der Waals surface area contributed by atoms with Crippen molar-refractivity contribution in [1.82, 2.24) is 4.98 Å². The monoisotopic (exact) mass is 243 g/mol. The molecule has 0 aliphatic rings. The lowest BCUT2D eigenvalue weighted by Crippen LogP contribution is -1.97. The predicted octanol–water partition coefficient (Wildman–Crippen LogP) is 2.19. The van der Waals surface area contributed by atoms with Gasteiger partial charge in [-0.2, -0.15) is 8.42 Å². The van der Waals surface area contributed by atoms with Gasteiger partial charge in [0, 0.05) is 6.20 Å². The number of rotatable bonds is 2. The van der Waals surface area contributed by atoms with Gasteiger partial charge in [-0.05, 0) is 11.6 Å². The Morgan fingerprint density at radius 3 is 2.62 bits per heavy atom. The summed E-state index contributed by atoms with van der Waals surface area (Å²) in [4.78, 5) is 3.59. The summed E-state index contributed by atoms with van der Waals surface area (Å²) in [5.74, 6) is -0.784. The molecular formula is C6H4Cl2FNO2S. The minimum Gasteiger partial charge on any atom is -0.243 e. The quantitative estimate of drug-likeness (QED) is 0.591. The Labute approximate surface area is 84.7 Å². The van der Waals surface area contributed by atoms with Gasteiger partial charge < -0.3 is 0 Å². The molecule has 0 unspecified atom stereocenters. The second-order valence-corrected chi connectivity index (χ2v) is 4.44. The highest BCUT2D eigenvalue weighted by Gasteiger charge is 2.12. The van der Waals surface area contributed by atoms with Crippen LogP contribution in [0.1, 0.15) is 5.56 Å². The zero-order chi connectivity index (χ0) is 10.1. The van der Waals surface area contributed by atoms with Crippen LogP contribution in [0.2, 0.25) is 10.2 Å². The first-order valence-corrected chi connectivity index (χ1v) is 5.41. The van der Waals surface area contributed by atoms with Crippen molar-refractivity contribution in [3.8, 4) is 0 Å². The molecule has 0 amide bonds. The highest BCUT2D eigenvalue weighted by Crippen LogP contribution is 2.20. The van der Waals surface area contributed by atoms with Crippen LogP contribution in [0, 0.1) is 0 Å². The minimum atomic E-state index is -4.59. The molecule has 1 heterocycles. The molecule has 0 spiro atoms. The number of halogens is 3. The third-order valence-corrected chi connectivity index (χ3v) is 2.43. The van der Waals surface area contributed by atoms with Gasteiger partial charge in [-0.15, -0.1) is 3.89 Å². The molecule has 0 aliphatic carbocycles. The van der Waals surface area contributed by atoms with E-state index in [0.29, 0.717) is 0 Å².